The Balaban J connectivity index is 1.97. The van der Waals surface area contributed by atoms with Crippen LogP contribution in [-0.4, -0.2) is 32.2 Å². The topological polar surface area (TPSA) is 59.1 Å². The third-order valence-electron chi connectivity index (χ3n) is 2.39. The Morgan fingerprint density at radius 3 is 2.80 bits per heavy atom. The van der Waals surface area contributed by atoms with E-state index in [1.807, 2.05) is 12.3 Å². The second kappa shape index (κ2) is 4.19. The summed E-state index contributed by atoms with van der Waals surface area (Å²) in [6, 6.07) is 0. The Kier molecular flexibility index (Phi) is 3.08. The smallest absolute Gasteiger partial charge is 0.156 e. The lowest BCUT2D eigenvalue weighted by atomic mass is 10.1. The Bertz CT molecular complexity index is 435. The van der Waals surface area contributed by atoms with E-state index in [2.05, 4.69) is 10.3 Å². The fourth-order valence-corrected chi connectivity index (χ4v) is 3.97. The summed E-state index contributed by atoms with van der Waals surface area (Å²) in [7, 11) is -2.98. The van der Waals surface area contributed by atoms with Crippen LogP contribution in [0.1, 0.15) is 10.7 Å². The number of aryl methyl sites for hydroxylation is 1. The van der Waals surface area contributed by atoms with Gasteiger partial charge in [-0.25, -0.2) is 13.4 Å². The minimum atomic E-state index is -2.98. The summed E-state index contributed by atoms with van der Waals surface area (Å²) >= 11 is 1.50. The molecule has 2 rings (SSSR count). The molecule has 0 saturated carbocycles. The molecule has 1 aliphatic heterocycles. The van der Waals surface area contributed by atoms with E-state index in [9.17, 15) is 8.42 Å². The van der Waals surface area contributed by atoms with Crippen molar-refractivity contribution in [3.63, 3.8) is 0 Å². The number of rotatable bonds is 4. The SMILES string of the molecule is Cc1nc(CS(=O)(=O)CC2CNC2)cs1. The Morgan fingerprint density at radius 1 is 1.60 bits per heavy atom. The molecule has 84 valence electrons. The van der Waals surface area contributed by atoms with E-state index >= 15 is 0 Å². The highest BCUT2D eigenvalue weighted by Gasteiger charge is 2.24. The van der Waals surface area contributed by atoms with E-state index in [-0.39, 0.29) is 11.5 Å². The quantitative estimate of drug-likeness (QED) is 0.844. The fraction of sp³-hybridized carbons (Fsp3) is 0.667. The molecule has 4 nitrogen and oxygen atoms in total. The van der Waals surface area contributed by atoms with E-state index in [4.69, 9.17) is 0 Å². The number of nitrogens with zero attached hydrogens (tertiary/aromatic N) is 1. The van der Waals surface area contributed by atoms with Crippen molar-refractivity contribution < 1.29 is 8.42 Å². The largest absolute Gasteiger partial charge is 0.316 e. The van der Waals surface area contributed by atoms with Crippen LogP contribution >= 0.6 is 11.3 Å². The number of hydrogen-bond acceptors (Lipinski definition) is 5. The van der Waals surface area contributed by atoms with Crippen molar-refractivity contribution in [3.8, 4) is 0 Å². The minimum absolute atomic E-state index is 0.0911. The van der Waals surface area contributed by atoms with Gasteiger partial charge >= 0.3 is 0 Å². The molecule has 2 heterocycles. The van der Waals surface area contributed by atoms with Gasteiger partial charge in [0, 0.05) is 18.5 Å². The van der Waals surface area contributed by atoms with Crippen LogP contribution in [0.25, 0.3) is 0 Å². The first kappa shape index (κ1) is 11.0. The van der Waals surface area contributed by atoms with Crippen LogP contribution in [0.4, 0.5) is 0 Å². The van der Waals surface area contributed by atoms with E-state index in [0.29, 0.717) is 11.6 Å². The predicted molar refractivity (Wildman–Crippen MR) is 60.7 cm³/mol. The van der Waals surface area contributed by atoms with E-state index < -0.39 is 9.84 Å². The zero-order chi connectivity index (χ0) is 10.9. The summed E-state index contributed by atoms with van der Waals surface area (Å²) in [6.45, 7) is 3.54. The van der Waals surface area contributed by atoms with Gasteiger partial charge in [0.2, 0.25) is 0 Å². The predicted octanol–water partition coefficient (Wildman–Crippen LogP) is 0.586. The average molecular weight is 246 g/mol. The molecule has 1 fully saturated rings. The molecule has 1 aliphatic rings. The third-order valence-corrected chi connectivity index (χ3v) is 4.93. The summed E-state index contributed by atoms with van der Waals surface area (Å²) in [5.41, 5.74) is 0.685. The zero-order valence-corrected chi connectivity index (χ0v) is 10.2. The van der Waals surface area contributed by atoms with Crippen LogP contribution in [0.15, 0.2) is 5.38 Å². The highest BCUT2D eigenvalue weighted by molar-refractivity contribution is 7.90. The molecule has 0 aromatic carbocycles. The summed E-state index contributed by atoms with van der Waals surface area (Å²) in [5, 5.41) is 5.82. The molecule has 0 bridgehead atoms. The monoisotopic (exact) mass is 246 g/mol. The van der Waals surface area contributed by atoms with Crippen LogP contribution in [0, 0.1) is 12.8 Å². The van der Waals surface area contributed by atoms with Gasteiger partial charge in [0.15, 0.2) is 9.84 Å². The second-order valence-corrected chi connectivity index (χ2v) is 7.11. The van der Waals surface area contributed by atoms with Gasteiger partial charge < -0.3 is 5.32 Å². The van der Waals surface area contributed by atoms with Gasteiger partial charge in [-0.15, -0.1) is 11.3 Å². The molecule has 1 aromatic rings. The molecule has 0 unspecified atom stereocenters. The first-order chi connectivity index (χ1) is 7.05. The summed E-state index contributed by atoms with van der Waals surface area (Å²) in [4.78, 5) is 4.17. The van der Waals surface area contributed by atoms with Crippen LogP contribution in [0.2, 0.25) is 0 Å². The standard InChI is InChI=1S/C9H14N2O2S2/c1-7-11-9(4-14-7)6-15(12,13)5-8-2-10-3-8/h4,8,10H,2-3,5-6H2,1H3. The van der Waals surface area contributed by atoms with Crippen molar-refractivity contribution in [1.82, 2.24) is 10.3 Å². The number of sulfone groups is 1. The maximum Gasteiger partial charge on any atom is 0.156 e. The summed E-state index contributed by atoms with van der Waals surface area (Å²) in [6.07, 6.45) is 0. The molecule has 0 aliphatic carbocycles. The summed E-state index contributed by atoms with van der Waals surface area (Å²) in [5.74, 6) is 0.680. The molecule has 1 aromatic heterocycles. The van der Waals surface area contributed by atoms with Gasteiger partial charge in [0.25, 0.3) is 0 Å². The van der Waals surface area contributed by atoms with Crippen LogP contribution in [0.5, 0.6) is 0 Å². The van der Waals surface area contributed by atoms with Crippen molar-refractivity contribution in [1.29, 1.82) is 0 Å². The normalized spacial score (nSPS) is 17.7. The second-order valence-electron chi connectivity index (χ2n) is 3.94. The van der Waals surface area contributed by atoms with Crippen LogP contribution in [-0.2, 0) is 15.6 Å². The van der Waals surface area contributed by atoms with Crippen molar-refractivity contribution in [2.24, 2.45) is 5.92 Å². The van der Waals surface area contributed by atoms with Gasteiger partial charge in [-0.05, 0) is 12.8 Å². The van der Waals surface area contributed by atoms with Crippen LogP contribution in [0.3, 0.4) is 0 Å². The Labute approximate surface area is 93.7 Å². The molecule has 0 spiro atoms. The lowest BCUT2D eigenvalue weighted by Gasteiger charge is -2.26. The molecule has 1 saturated heterocycles. The number of hydrogen-bond donors (Lipinski definition) is 1. The van der Waals surface area contributed by atoms with Crippen molar-refractivity contribution in [3.05, 3.63) is 16.1 Å². The first-order valence-electron chi connectivity index (χ1n) is 4.87. The van der Waals surface area contributed by atoms with Crippen molar-refractivity contribution in [2.75, 3.05) is 18.8 Å². The molecular formula is C9H14N2O2S2. The molecule has 1 N–H and O–H groups in total. The maximum absolute atomic E-state index is 11.7. The summed E-state index contributed by atoms with van der Waals surface area (Å²) < 4.78 is 23.5. The lowest BCUT2D eigenvalue weighted by Crippen LogP contribution is -2.45. The van der Waals surface area contributed by atoms with Gasteiger partial charge in [-0.3, -0.25) is 0 Å². The third kappa shape index (κ3) is 2.99. The highest BCUT2D eigenvalue weighted by atomic mass is 32.2. The average Bonchev–Trinajstić information content (AvgIpc) is 2.43. The number of aromatic nitrogens is 1. The highest BCUT2D eigenvalue weighted by Crippen LogP contribution is 2.14. The number of nitrogens with one attached hydrogen (secondary N) is 1. The van der Waals surface area contributed by atoms with E-state index in [0.717, 1.165) is 18.1 Å². The number of thiazole rings is 1. The molecule has 0 atom stereocenters. The van der Waals surface area contributed by atoms with Crippen molar-refractivity contribution >= 4 is 21.2 Å². The lowest BCUT2D eigenvalue weighted by molar-refractivity contribution is 0.378. The zero-order valence-electron chi connectivity index (χ0n) is 8.56. The maximum atomic E-state index is 11.7. The fourth-order valence-electron chi connectivity index (χ4n) is 1.58. The molecule has 0 amide bonds. The van der Waals surface area contributed by atoms with E-state index in [1.54, 1.807) is 0 Å². The van der Waals surface area contributed by atoms with Crippen LogP contribution < -0.4 is 5.32 Å². The van der Waals surface area contributed by atoms with Gasteiger partial charge in [-0.2, -0.15) is 0 Å². The molecule has 15 heavy (non-hydrogen) atoms. The Morgan fingerprint density at radius 2 is 2.33 bits per heavy atom. The molecular weight excluding hydrogens is 232 g/mol. The van der Waals surface area contributed by atoms with E-state index in [1.165, 1.54) is 11.3 Å². The first-order valence-corrected chi connectivity index (χ1v) is 7.57. The van der Waals surface area contributed by atoms with Gasteiger partial charge in [0.1, 0.15) is 0 Å². The Hall–Kier alpha value is -0.460. The van der Waals surface area contributed by atoms with Crippen molar-refractivity contribution in [2.45, 2.75) is 12.7 Å². The van der Waals surface area contributed by atoms with Gasteiger partial charge in [0.05, 0.1) is 22.2 Å². The molecule has 0 radical (unpaired) electrons. The molecule has 6 heteroatoms. The van der Waals surface area contributed by atoms with Gasteiger partial charge in [-0.1, -0.05) is 0 Å². The minimum Gasteiger partial charge on any atom is -0.316 e.